The number of nitrogens with one attached hydrogen (secondary N) is 2. The number of hydrogen-bond donors (Lipinski definition) is 2. The van der Waals surface area contributed by atoms with E-state index in [1.54, 1.807) is 30.1 Å². The van der Waals surface area contributed by atoms with E-state index in [0.717, 1.165) is 19.3 Å². The van der Waals surface area contributed by atoms with Crippen molar-refractivity contribution in [2.45, 2.75) is 70.6 Å². The topological polar surface area (TPSA) is 97.0 Å². The highest BCUT2D eigenvalue weighted by atomic mass is 16.5. The molecule has 1 saturated heterocycles. The third-order valence-corrected chi connectivity index (χ3v) is 5.76. The molecule has 2 N–H and O–H groups in total. The maximum absolute atomic E-state index is 13.2. The van der Waals surface area contributed by atoms with Gasteiger partial charge in [0.15, 0.2) is 0 Å². The number of ether oxygens (including phenoxy) is 2. The number of anilines is 1. The van der Waals surface area contributed by atoms with Crippen molar-refractivity contribution >= 4 is 23.4 Å². The second kappa shape index (κ2) is 10.6. The van der Waals surface area contributed by atoms with Crippen LogP contribution in [-0.4, -0.2) is 61.1 Å². The van der Waals surface area contributed by atoms with E-state index in [4.69, 9.17) is 9.47 Å². The van der Waals surface area contributed by atoms with E-state index >= 15 is 0 Å². The van der Waals surface area contributed by atoms with E-state index < -0.39 is 0 Å². The molecule has 0 bridgehead atoms. The summed E-state index contributed by atoms with van der Waals surface area (Å²) >= 11 is 0. The zero-order chi connectivity index (χ0) is 22.4. The van der Waals surface area contributed by atoms with Crippen LogP contribution in [0.4, 0.5) is 5.69 Å². The Hall–Kier alpha value is -2.61. The lowest BCUT2D eigenvalue weighted by Gasteiger charge is -2.42. The predicted octanol–water partition coefficient (Wildman–Crippen LogP) is 2.72. The predicted molar refractivity (Wildman–Crippen MR) is 117 cm³/mol. The van der Waals surface area contributed by atoms with Crippen LogP contribution in [0, 0.1) is 0 Å². The first-order chi connectivity index (χ1) is 14.9. The van der Waals surface area contributed by atoms with Gasteiger partial charge in [0, 0.05) is 25.7 Å². The molecule has 0 unspecified atom stereocenters. The molecule has 3 amide bonds. The Balaban J connectivity index is 1.71. The van der Waals surface area contributed by atoms with Crippen molar-refractivity contribution in [3.05, 3.63) is 23.8 Å². The van der Waals surface area contributed by atoms with Crippen LogP contribution in [-0.2, 0) is 14.3 Å². The van der Waals surface area contributed by atoms with E-state index in [-0.39, 0.29) is 36.0 Å². The average molecular weight is 432 g/mol. The lowest BCUT2D eigenvalue weighted by molar-refractivity contribution is -0.134. The van der Waals surface area contributed by atoms with Crippen molar-refractivity contribution < 1.29 is 23.9 Å². The Kier molecular flexibility index (Phi) is 7.90. The molecule has 2 aliphatic heterocycles. The summed E-state index contributed by atoms with van der Waals surface area (Å²) in [6, 6.07) is 4.99. The van der Waals surface area contributed by atoms with Crippen LogP contribution in [0.5, 0.6) is 5.75 Å². The summed E-state index contributed by atoms with van der Waals surface area (Å²) in [6.07, 6.45) is 3.36. The van der Waals surface area contributed by atoms with Gasteiger partial charge in [-0.3, -0.25) is 14.4 Å². The average Bonchev–Trinajstić information content (AvgIpc) is 2.75. The van der Waals surface area contributed by atoms with Gasteiger partial charge in [-0.1, -0.05) is 13.8 Å². The fourth-order valence-electron chi connectivity index (χ4n) is 4.10. The van der Waals surface area contributed by atoms with Gasteiger partial charge >= 0.3 is 0 Å². The van der Waals surface area contributed by atoms with Crippen LogP contribution in [0.3, 0.4) is 0 Å². The first-order valence-corrected chi connectivity index (χ1v) is 11.2. The van der Waals surface area contributed by atoms with Crippen molar-refractivity contribution in [1.82, 2.24) is 10.2 Å². The van der Waals surface area contributed by atoms with Gasteiger partial charge in [-0.2, -0.15) is 0 Å². The number of carbonyl (C=O) groups is 3. The number of rotatable bonds is 7. The molecule has 8 heteroatoms. The molecule has 2 heterocycles. The molecule has 1 fully saturated rings. The number of nitrogens with zero attached hydrogens (tertiary/aromatic N) is 1. The van der Waals surface area contributed by atoms with Crippen LogP contribution in [0.1, 0.15) is 62.7 Å². The van der Waals surface area contributed by atoms with Gasteiger partial charge in [-0.15, -0.1) is 0 Å². The smallest absolute Gasteiger partial charge is 0.257 e. The lowest BCUT2D eigenvalue weighted by atomic mass is 9.94. The van der Waals surface area contributed by atoms with Crippen LogP contribution < -0.4 is 15.4 Å². The monoisotopic (exact) mass is 431 g/mol. The molecule has 0 radical (unpaired) electrons. The molecule has 0 aromatic heterocycles. The lowest BCUT2D eigenvalue weighted by Crippen LogP contribution is -2.54. The van der Waals surface area contributed by atoms with E-state index in [2.05, 4.69) is 10.6 Å². The SMILES string of the molecule is CCCNC(=O)C[C@H]1CC[C@H]2[C@H](COc3ccc(NC(=O)CCC)cc3C(=O)N2C)O1. The Labute approximate surface area is 183 Å². The summed E-state index contributed by atoms with van der Waals surface area (Å²) in [5.41, 5.74) is 1.01. The summed E-state index contributed by atoms with van der Waals surface area (Å²) in [5.74, 6) is 0.212. The van der Waals surface area contributed by atoms with Crippen molar-refractivity contribution in [3.8, 4) is 5.75 Å². The third kappa shape index (κ3) is 5.76. The highest BCUT2D eigenvalue weighted by Crippen LogP contribution is 2.32. The Bertz CT molecular complexity index is 812. The fourth-order valence-corrected chi connectivity index (χ4v) is 4.10. The molecule has 0 saturated carbocycles. The van der Waals surface area contributed by atoms with Crippen molar-refractivity contribution in [2.75, 3.05) is 25.5 Å². The van der Waals surface area contributed by atoms with E-state index in [1.165, 1.54) is 0 Å². The first-order valence-electron chi connectivity index (χ1n) is 11.2. The van der Waals surface area contributed by atoms with Crippen LogP contribution in [0.25, 0.3) is 0 Å². The van der Waals surface area contributed by atoms with E-state index in [9.17, 15) is 14.4 Å². The summed E-state index contributed by atoms with van der Waals surface area (Å²) in [4.78, 5) is 38.9. The highest BCUT2D eigenvalue weighted by Gasteiger charge is 2.39. The number of amides is 3. The first kappa shape index (κ1) is 23.1. The summed E-state index contributed by atoms with van der Waals surface area (Å²) < 4.78 is 12.1. The van der Waals surface area contributed by atoms with Crippen molar-refractivity contribution in [2.24, 2.45) is 0 Å². The summed E-state index contributed by atoms with van der Waals surface area (Å²) in [5, 5.41) is 5.72. The fraction of sp³-hybridized carbons (Fsp3) is 0.609. The van der Waals surface area contributed by atoms with Crippen LogP contribution >= 0.6 is 0 Å². The molecule has 1 aromatic rings. The van der Waals surface area contributed by atoms with E-state index in [0.29, 0.717) is 49.4 Å². The zero-order valence-electron chi connectivity index (χ0n) is 18.6. The summed E-state index contributed by atoms with van der Waals surface area (Å²) in [7, 11) is 1.77. The molecule has 3 rings (SSSR count). The quantitative estimate of drug-likeness (QED) is 0.692. The maximum Gasteiger partial charge on any atom is 0.257 e. The van der Waals surface area contributed by atoms with Gasteiger partial charge < -0.3 is 25.0 Å². The number of likely N-dealkylation sites (N-methyl/N-ethyl adjacent to an activating group) is 1. The number of hydrogen-bond acceptors (Lipinski definition) is 5. The van der Waals surface area contributed by atoms with Gasteiger partial charge in [-0.05, 0) is 43.9 Å². The molecular formula is C23H33N3O5. The van der Waals surface area contributed by atoms with Gasteiger partial charge in [0.05, 0.1) is 24.1 Å². The molecule has 8 nitrogen and oxygen atoms in total. The number of fused-ring (bicyclic) bond motifs is 2. The molecule has 0 spiro atoms. The van der Waals surface area contributed by atoms with E-state index in [1.807, 2.05) is 13.8 Å². The standard InChI is InChI=1S/C23H33N3O5/c1-4-6-21(27)25-15-7-10-19-17(12-15)23(29)26(3)18-9-8-16(31-20(18)14-30-19)13-22(28)24-11-5-2/h7,10,12,16,18,20H,4-6,8-9,11,13-14H2,1-3H3,(H,24,28)(H,25,27)/t16-,18+,20+/m1/s1. The second-order valence-corrected chi connectivity index (χ2v) is 8.23. The van der Waals surface area contributed by atoms with Crippen LogP contribution in [0.2, 0.25) is 0 Å². The molecule has 3 atom stereocenters. The zero-order valence-corrected chi connectivity index (χ0v) is 18.6. The third-order valence-electron chi connectivity index (χ3n) is 5.76. The largest absolute Gasteiger partial charge is 0.490 e. The minimum atomic E-state index is -0.302. The highest BCUT2D eigenvalue weighted by molar-refractivity contribution is 5.99. The molecule has 0 aliphatic carbocycles. The summed E-state index contributed by atoms with van der Waals surface area (Å²) in [6.45, 7) is 4.91. The molecule has 170 valence electrons. The molecule has 31 heavy (non-hydrogen) atoms. The number of benzene rings is 1. The van der Waals surface area contributed by atoms with Crippen LogP contribution in [0.15, 0.2) is 18.2 Å². The maximum atomic E-state index is 13.2. The molecule has 2 aliphatic rings. The van der Waals surface area contributed by atoms with Gasteiger partial charge in [0.2, 0.25) is 11.8 Å². The Morgan fingerprint density at radius 1 is 1.16 bits per heavy atom. The van der Waals surface area contributed by atoms with Crippen molar-refractivity contribution in [3.63, 3.8) is 0 Å². The van der Waals surface area contributed by atoms with Gasteiger partial charge in [0.25, 0.3) is 5.91 Å². The number of carbonyl (C=O) groups excluding carboxylic acids is 3. The van der Waals surface area contributed by atoms with Crippen molar-refractivity contribution in [1.29, 1.82) is 0 Å². The minimum absolute atomic E-state index is 0.00973. The molecule has 1 aromatic carbocycles. The Morgan fingerprint density at radius 2 is 1.97 bits per heavy atom. The Morgan fingerprint density at radius 3 is 2.71 bits per heavy atom. The van der Waals surface area contributed by atoms with Gasteiger partial charge in [0.1, 0.15) is 18.5 Å². The minimum Gasteiger partial charge on any atom is -0.490 e. The second-order valence-electron chi connectivity index (χ2n) is 8.23. The normalized spacial score (nSPS) is 23.0. The molecular weight excluding hydrogens is 398 g/mol. The van der Waals surface area contributed by atoms with Gasteiger partial charge in [-0.25, -0.2) is 0 Å².